The number of rotatable bonds is 3. The Morgan fingerprint density at radius 1 is 1.21 bits per heavy atom. The molecular formula is C17H14F3N3O. The summed E-state index contributed by atoms with van der Waals surface area (Å²) in [6, 6.07) is 9.35. The minimum absolute atomic E-state index is 0.364. The fourth-order valence-electron chi connectivity index (χ4n) is 2.42. The standard InChI is InChI=1S/C17H14F3N3O/c1-10(11-3-2-4-13(7-11)17(18,19)20)23-16(24)12-5-6-14-15(8-12)22-9-21-14/h2-10H,1H3,(H,21,22)(H,23,24)/t10-/m1/s1. The molecule has 2 N–H and O–H groups in total. The summed E-state index contributed by atoms with van der Waals surface area (Å²) in [5.41, 5.74) is 1.51. The number of benzene rings is 2. The maximum Gasteiger partial charge on any atom is 0.416 e. The molecule has 0 unspecified atom stereocenters. The van der Waals surface area contributed by atoms with Crippen molar-refractivity contribution in [3.8, 4) is 0 Å². The van der Waals surface area contributed by atoms with E-state index in [9.17, 15) is 18.0 Å². The molecule has 24 heavy (non-hydrogen) atoms. The number of hydrogen-bond acceptors (Lipinski definition) is 2. The molecular weight excluding hydrogens is 319 g/mol. The highest BCUT2D eigenvalue weighted by atomic mass is 19.4. The van der Waals surface area contributed by atoms with Gasteiger partial charge in [-0.2, -0.15) is 13.2 Å². The number of imidazole rings is 1. The van der Waals surface area contributed by atoms with E-state index in [2.05, 4.69) is 15.3 Å². The van der Waals surface area contributed by atoms with Crippen molar-refractivity contribution in [3.63, 3.8) is 0 Å². The van der Waals surface area contributed by atoms with Gasteiger partial charge in [0.15, 0.2) is 0 Å². The molecule has 0 saturated carbocycles. The molecule has 1 heterocycles. The highest BCUT2D eigenvalue weighted by molar-refractivity contribution is 5.97. The van der Waals surface area contributed by atoms with Gasteiger partial charge in [-0.3, -0.25) is 4.79 Å². The number of amides is 1. The molecule has 0 saturated heterocycles. The van der Waals surface area contributed by atoms with E-state index in [-0.39, 0.29) is 5.91 Å². The first-order valence-corrected chi connectivity index (χ1v) is 7.26. The Hall–Kier alpha value is -2.83. The molecule has 0 aliphatic heterocycles. The normalized spacial score (nSPS) is 13.0. The molecule has 1 atom stereocenters. The maximum absolute atomic E-state index is 12.8. The third kappa shape index (κ3) is 3.24. The van der Waals surface area contributed by atoms with Gasteiger partial charge < -0.3 is 10.3 Å². The number of hydrogen-bond donors (Lipinski definition) is 2. The van der Waals surface area contributed by atoms with Gasteiger partial charge in [-0.05, 0) is 42.8 Å². The molecule has 0 aliphatic rings. The van der Waals surface area contributed by atoms with Crippen LogP contribution >= 0.6 is 0 Å². The quantitative estimate of drug-likeness (QED) is 0.759. The summed E-state index contributed by atoms with van der Waals surface area (Å²) in [5, 5.41) is 2.71. The SMILES string of the molecule is C[C@@H](NC(=O)c1ccc2nc[nH]c2c1)c1cccc(C(F)(F)F)c1. The zero-order valence-corrected chi connectivity index (χ0v) is 12.7. The lowest BCUT2D eigenvalue weighted by Gasteiger charge is -2.16. The molecule has 1 amide bonds. The lowest BCUT2D eigenvalue weighted by molar-refractivity contribution is -0.137. The van der Waals surface area contributed by atoms with Gasteiger partial charge in [0, 0.05) is 5.56 Å². The van der Waals surface area contributed by atoms with Crippen molar-refractivity contribution in [2.45, 2.75) is 19.1 Å². The van der Waals surface area contributed by atoms with Crippen molar-refractivity contribution in [2.75, 3.05) is 0 Å². The smallest absolute Gasteiger partial charge is 0.346 e. The number of H-pyrrole nitrogens is 1. The molecule has 0 fully saturated rings. The summed E-state index contributed by atoms with van der Waals surface area (Å²) in [6.45, 7) is 1.64. The molecule has 7 heteroatoms. The molecule has 3 rings (SSSR count). The van der Waals surface area contributed by atoms with Crippen LogP contribution in [0.15, 0.2) is 48.8 Å². The molecule has 0 radical (unpaired) electrons. The van der Waals surface area contributed by atoms with Gasteiger partial charge in [0.25, 0.3) is 5.91 Å². The van der Waals surface area contributed by atoms with Gasteiger partial charge in [0.2, 0.25) is 0 Å². The van der Waals surface area contributed by atoms with E-state index in [4.69, 9.17) is 0 Å². The summed E-state index contributed by atoms with van der Waals surface area (Å²) < 4.78 is 38.3. The predicted molar refractivity (Wildman–Crippen MR) is 83.4 cm³/mol. The van der Waals surface area contributed by atoms with Crippen LogP contribution in [0, 0.1) is 0 Å². The third-order valence-corrected chi connectivity index (χ3v) is 3.74. The summed E-state index contributed by atoms with van der Waals surface area (Å²) in [6.07, 6.45) is -2.89. The number of aromatic nitrogens is 2. The van der Waals surface area contributed by atoms with Gasteiger partial charge in [0.05, 0.1) is 29.0 Å². The number of aromatic amines is 1. The van der Waals surface area contributed by atoms with Crippen LogP contribution in [0.3, 0.4) is 0 Å². The van der Waals surface area contributed by atoms with E-state index < -0.39 is 17.8 Å². The predicted octanol–water partition coefficient (Wildman–Crippen LogP) is 4.07. The van der Waals surface area contributed by atoms with Crippen molar-refractivity contribution in [1.82, 2.24) is 15.3 Å². The zero-order valence-electron chi connectivity index (χ0n) is 12.7. The number of carbonyl (C=O) groups excluding carboxylic acids is 1. The molecule has 3 aromatic rings. The third-order valence-electron chi connectivity index (χ3n) is 3.74. The van der Waals surface area contributed by atoms with Gasteiger partial charge in [0.1, 0.15) is 0 Å². The van der Waals surface area contributed by atoms with E-state index in [1.807, 2.05) is 0 Å². The van der Waals surface area contributed by atoms with Crippen LogP contribution in [-0.4, -0.2) is 15.9 Å². The number of alkyl halides is 3. The first kappa shape index (κ1) is 16.0. The topological polar surface area (TPSA) is 57.8 Å². The zero-order chi connectivity index (χ0) is 17.3. The molecule has 2 aromatic carbocycles. The van der Waals surface area contributed by atoms with Crippen LogP contribution in [0.5, 0.6) is 0 Å². The van der Waals surface area contributed by atoms with Crippen LogP contribution in [0.4, 0.5) is 13.2 Å². The Labute approximate surface area is 135 Å². The minimum Gasteiger partial charge on any atom is -0.346 e. The fourth-order valence-corrected chi connectivity index (χ4v) is 2.42. The number of halogens is 3. The highest BCUT2D eigenvalue weighted by Gasteiger charge is 2.30. The Balaban J connectivity index is 1.78. The minimum atomic E-state index is -4.41. The number of nitrogens with zero attached hydrogens (tertiary/aromatic N) is 1. The van der Waals surface area contributed by atoms with E-state index in [1.54, 1.807) is 31.2 Å². The van der Waals surface area contributed by atoms with Crippen LogP contribution < -0.4 is 5.32 Å². The molecule has 124 valence electrons. The average Bonchev–Trinajstić information content (AvgIpc) is 3.01. The summed E-state index contributed by atoms with van der Waals surface area (Å²) in [4.78, 5) is 19.3. The van der Waals surface area contributed by atoms with Crippen LogP contribution in [0.1, 0.15) is 34.5 Å². The van der Waals surface area contributed by atoms with E-state index >= 15 is 0 Å². The first-order chi connectivity index (χ1) is 11.3. The van der Waals surface area contributed by atoms with Gasteiger partial charge in [-0.1, -0.05) is 12.1 Å². The van der Waals surface area contributed by atoms with Crippen LogP contribution in [-0.2, 0) is 6.18 Å². The second-order valence-corrected chi connectivity index (χ2v) is 5.45. The van der Waals surface area contributed by atoms with Gasteiger partial charge >= 0.3 is 6.18 Å². The average molecular weight is 333 g/mol. The number of fused-ring (bicyclic) bond motifs is 1. The molecule has 1 aromatic heterocycles. The van der Waals surface area contributed by atoms with Crippen molar-refractivity contribution in [1.29, 1.82) is 0 Å². The lowest BCUT2D eigenvalue weighted by Crippen LogP contribution is -2.26. The van der Waals surface area contributed by atoms with Crippen LogP contribution in [0.2, 0.25) is 0 Å². The first-order valence-electron chi connectivity index (χ1n) is 7.26. The Morgan fingerprint density at radius 2 is 2.00 bits per heavy atom. The fraction of sp³-hybridized carbons (Fsp3) is 0.176. The van der Waals surface area contributed by atoms with Gasteiger partial charge in [-0.15, -0.1) is 0 Å². The van der Waals surface area contributed by atoms with Crippen LogP contribution in [0.25, 0.3) is 11.0 Å². The second-order valence-electron chi connectivity index (χ2n) is 5.45. The van der Waals surface area contributed by atoms with E-state index in [0.29, 0.717) is 11.1 Å². The van der Waals surface area contributed by atoms with Crippen molar-refractivity contribution in [3.05, 3.63) is 65.5 Å². The monoisotopic (exact) mass is 333 g/mol. The largest absolute Gasteiger partial charge is 0.416 e. The van der Waals surface area contributed by atoms with Crippen molar-refractivity contribution in [2.24, 2.45) is 0 Å². The lowest BCUT2D eigenvalue weighted by atomic mass is 10.0. The van der Waals surface area contributed by atoms with E-state index in [0.717, 1.165) is 23.2 Å². The second kappa shape index (κ2) is 5.99. The Morgan fingerprint density at radius 3 is 2.75 bits per heavy atom. The van der Waals surface area contributed by atoms with Gasteiger partial charge in [-0.25, -0.2) is 4.98 Å². The van der Waals surface area contributed by atoms with E-state index in [1.165, 1.54) is 12.4 Å². The number of carbonyl (C=O) groups is 1. The van der Waals surface area contributed by atoms with Crippen molar-refractivity contribution < 1.29 is 18.0 Å². The molecule has 0 spiro atoms. The Kier molecular flexibility index (Phi) is 4.01. The summed E-state index contributed by atoms with van der Waals surface area (Å²) in [7, 11) is 0. The summed E-state index contributed by atoms with van der Waals surface area (Å²) in [5.74, 6) is -0.364. The molecule has 4 nitrogen and oxygen atoms in total. The summed E-state index contributed by atoms with van der Waals surface area (Å²) >= 11 is 0. The highest BCUT2D eigenvalue weighted by Crippen LogP contribution is 2.30. The maximum atomic E-state index is 12.8. The Bertz CT molecular complexity index is 886. The molecule has 0 aliphatic carbocycles. The molecule has 0 bridgehead atoms. The number of nitrogens with one attached hydrogen (secondary N) is 2. The van der Waals surface area contributed by atoms with Crippen molar-refractivity contribution >= 4 is 16.9 Å².